The van der Waals surface area contributed by atoms with Crippen molar-refractivity contribution in [1.82, 2.24) is 15.3 Å². The van der Waals surface area contributed by atoms with Crippen molar-refractivity contribution in [2.75, 3.05) is 32.1 Å². The largest absolute Gasteiger partial charge is 0.363 e. The van der Waals surface area contributed by atoms with Gasteiger partial charge in [-0.25, -0.2) is 9.97 Å². The number of rotatable bonds is 11. The molecule has 152 valence electrons. The number of amides is 1. The highest BCUT2D eigenvalue weighted by Gasteiger charge is 2.08. The number of thioether (sulfide) groups is 1. The number of aromatic nitrogens is 2. The zero-order chi connectivity index (χ0) is 20.4. The molecule has 0 aliphatic carbocycles. The number of anilines is 1. The van der Waals surface area contributed by atoms with Crippen LogP contribution in [0.4, 0.5) is 5.82 Å². The molecule has 1 heterocycles. The molecule has 2 rings (SSSR count). The van der Waals surface area contributed by atoms with Gasteiger partial charge in [0.2, 0.25) is 0 Å². The van der Waals surface area contributed by atoms with Gasteiger partial charge in [-0.1, -0.05) is 48.3 Å². The maximum absolute atomic E-state index is 12.2. The van der Waals surface area contributed by atoms with Gasteiger partial charge in [-0.05, 0) is 37.1 Å². The lowest BCUT2D eigenvalue weighted by atomic mass is 10.1. The Morgan fingerprint density at radius 2 is 1.86 bits per heavy atom. The second-order valence-corrected chi connectivity index (χ2v) is 8.00. The third-order valence-electron chi connectivity index (χ3n) is 4.12. The van der Waals surface area contributed by atoms with Crippen molar-refractivity contribution in [3.63, 3.8) is 0 Å². The van der Waals surface area contributed by atoms with Crippen LogP contribution < -0.4 is 16.0 Å². The Hall–Kier alpha value is -1.83. The Labute approximate surface area is 176 Å². The van der Waals surface area contributed by atoms with Gasteiger partial charge in [-0.2, -0.15) is 0 Å². The lowest BCUT2D eigenvalue weighted by molar-refractivity contribution is 0.0953. The minimum Gasteiger partial charge on any atom is -0.363 e. The van der Waals surface area contributed by atoms with E-state index in [4.69, 9.17) is 17.3 Å². The highest BCUT2D eigenvalue weighted by molar-refractivity contribution is 7.98. The number of benzene rings is 1. The van der Waals surface area contributed by atoms with E-state index in [1.807, 2.05) is 43.3 Å². The van der Waals surface area contributed by atoms with E-state index in [9.17, 15) is 4.79 Å². The molecular formula is C20H28ClN5OS. The number of hydrogen-bond donors (Lipinski definition) is 2. The van der Waals surface area contributed by atoms with Gasteiger partial charge in [0.15, 0.2) is 5.16 Å². The van der Waals surface area contributed by atoms with Gasteiger partial charge in [0.1, 0.15) is 11.0 Å². The topological polar surface area (TPSA) is 84.1 Å². The molecule has 1 aromatic carbocycles. The van der Waals surface area contributed by atoms with Crippen molar-refractivity contribution in [3.8, 4) is 0 Å². The second kappa shape index (κ2) is 11.9. The molecule has 0 unspecified atom stereocenters. The first-order valence-corrected chi connectivity index (χ1v) is 10.8. The van der Waals surface area contributed by atoms with E-state index in [1.54, 1.807) is 6.07 Å². The molecule has 6 nitrogen and oxygen atoms in total. The zero-order valence-electron chi connectivity index (χ0n) is 16.4. The number of nitrogens with zero attached hydrogens (tertiary/aromatic N) is 3. The number of halogens is 1. The summed E-state index contributed by atoms with van der Waals surface area (Å²) in [5.41, 5.74) is 7.24. The van der Waals surface area contributed by atoms with Gasteiger partial charge >= 0.3 is 0 Å². The third kappa shape index (κ3) is 7.66. The first-order chi connectivity index (χ1) is 13.5. The molecule has 2 aromatic rings. The molecule has 0 aliphatic heterocycles. The fourth-order valence-corrected chi connectivity index (χ4v) is 3.54. The summed E-state index contributed by atoms with van der Waals surface area (Å²) in [5, 5.41) is 4.02. The quantitative estimate of drug-likeness (QED) is 0.249. The van der Waals surface area contributed by atoms with E-state index < -0.39 is 0 Å². The number of carbonyl (C=O) groups is 1. The predicted octanol–water partition coefficient (Wildman–Crippen LogP) is 3.74. The number of carbonyl (C=O) groups excluding carboxylic acids is 1. The number of hydrogen-bond acceptors (Lipinski definition) is 6. The van der Waals surface area contributed by atoms with Gasteiger partial charge in [0.05, 0.1) is 0 Å². The average molecular weight is 422 g/mol. The van der Waals surface area contributed by atoms with E-state index in [1.165, 1.54) is 11.8 Å². The summed E-state index contributed by atoms with van der Waals surface area (Å²) in [6, 6.07) is 9.35. The molecule has 0 fully saturated rings. The van der Waals surface area contributed by atoms with Crippen LogP contribution in [0.2, 0.25) is 5.15 Å². The molecule has 0 saturated carbocycles. The monoisotopic (exact) mass is 421 g/mol. The molecule has 28 heavy (non-hydrogen) atoms. The molecule has 1 aromatic heterocycles. The van der Waals surface area contributed by atoms with Crippen LogP contribution >= 0.6 is 23.4 Å². The molecule has 0 bridgehead atoms. The van der Waals surface area contributed by atoms with Crippen LogP contribution in [0.3, 0.4) is 0 Å². The standard InChI is InChI=1S/C20H28ClN5OS/c1-26(2)18-13-17(21)24-20(25-18)28-14-15-7-9-16(10-8-15)19(27)23-12-6-4-3-5-11-22/h7-10,13H,3-6,11-12,14,22H2,1-2H3,(H,23,27). The highest BCUT2D eigenvalue weighted by Crippen LogP contribution is 2.24. The number of unbranched alkanes of at least 4 members (excludes halogenated alkanes) is 3. The summed E-state index contributed by atoms with van der Waals surface area (Å²) in [6.45, 7) is 1.43. The van der Waals surface area contributed by atoms with Crippen LogP contribution in [0.1, 0.15) is 41.6 Å². The van der Waals surface area contributed by atoms with E-state index in [0.29, 0.717) is 28.2 Å². The third-order valence-corrected chi connectivity index (χ3v) is 5.23. The molecule has 0 aliphatic rings. The van der Waals surface area contributed by atoms with E-state index in [2.05, 4.69) is 15.3 Å². The Bertz CT molecular complexity index is 755. The Kier molecular flexibility index (Phi) is 9.54. The van der Waals surface area contributed by atoms with Crippen LogP contribution in [0.15, 0.2) is 35.5 Å². The summed E-state index contributed by atoms with van der Waals surface area (Å²) in [6.07, 6.45) is 4.24. The van der Waals surface area contributed by atoms with Crippen LogP contribution in [0, 0.1) is 0 Å². The second-order valence-electron chi connectivity index (χ2n) is 6.67. The normalized spacial score (nSPS) is 10.7. The smallest absolute Gasteiger partial charge is 0.251 e. The Morgan fingerprint density at radius 1 is 1.14 bits per heavy atom. The van der Waals surface area contributed by atoms with Gasteiger partial charge in [0.25, 0.3) is 5.91 Å². The molecule has 1 amide bonds. The van der Waals surface area contributed by atoms with Gasteiger partial charge in [0, 0.05) is 38.0 Å². The first-order valence-electron chi connectivity index (χ1n) is 9.41. The van der Waals surface area contributed by atoms with Crippen molar-refractivity contribution in [3.05, 3.63) is 46.6 Å². The van der Waals surface area contributed by atoms with Crippen molar-refractivity contribution in [2.45, 2.75) is 36.6 Å². The average Bonchev–Trinajstić information content (AvgIpc) is 2.69. The molecule has 0 atom stereocenters. The summed E-state index contributed by atoms with van der Waals surface area (Å²) in [7, 11) is 3.83. The minimum absolute atomic E-state index is 0.0353. The fraction of sp³-hybridized carbons (Fsp3) is 0.450. The Balaban J connectivity index is 1.81. The lowest BCUT2D eigenvalue weighted by Crippen LogP contribution is -2.24. The van der Waals surface area contributed by atoms with Crippen molar-refractivity contribution >= 4 is 35.1 Å². The van der Waals surface area contributed by atoms with Crippen LogP contribution in [-0.4, -0.2) is 43.1 Å². The van der Waals surface area contributed by atoms with E-state index >= 15 is 0 Å². The van der Waals surface area contributed by atoms with Crippen molar-refractivity contribution < 1.29 is 4.79 Å². The summed E-state index contributed by atoms with van der Waals surface area (Å²) in [4.78, 5) is 22.8. The van der Waals surface area contributed by atoms with E-state index in [-0.39, 0.29) is 5.91 Å². The zero-order valence-corrected chi connectivity index (χ0v) is 18.0. The number of nitrogens with two attached hydrogens (primary N) is 1. The molecular weight excluding hydrogens is 394 g/mol. The van der Waals surface area contributed by atoms with Gasteiger partial charge < -0.3 is 16.0 Å². The minimum atomic E-state index is -0.0353. The van der Waals surface area contributed by atoms with Gasteiger partial charge in [-0.3, -0.25) is 4.79 Å². The molecule has 0 radical (unpaired) electrons. The first kappa shape index (κ1) is 22.5. The highest BCUT2D eigenvalue weighted by atomic mass is 35.5. The molecule has 0 spiro atoms. The maximum atomic E-state index is 12.2. The number of nitrogens with one attached hydrogen (secondary N) is 1. The predicted molar refractivity (Wildman–Crippen MR) is 117 cm³/mol. The Morgan fingerprint density at radius 3 is 2.54 bits per heavy atom. The SMILES string of the molecule is CN(C)c1cc(Cl)nc(SCc2ccc(C(=O)NCCCCCCN)cc2)n1. The summed E-state index contributed by atoms with van der Waals surface area (Å²) < 4.78 is 0. The molecule has 8 heteroatoms. The summed E-state index contributed by atoms with van der Waals surface area (Å²) >= 11 is 7.58. The van der Waals surface area contributed by atoms with E-state index in [0.717, 1.165) is 43.6 Å². The summed E-state index contributed by atoms with van der Waals surface area (Å²) in [5.74, 6) is 1.44. The molecule has 3 N–H and O–H groups in total. The molecule has 0 saturated heterocycles. The van der Waals surface area contributed by atoms with Crippen LogP contribution in [-0.2, 0) is 5.75 Å². The fourth-order valence-electron chi connectivity index (χ4n) is 2.51. The van der Waals surface area contributed by atoms with Crippen molar-refractivity contribution in [1.29, 1.82) is 0 Å². The lowest BCUT2D eigenvalue weighted by Gasteiger charge is -2.12. The van der Waals surface area contributed by atoms with Crippen LogP contribution in [0.25, 0.3) is 0 Å². The van der Waals surface area contributed by atoms with Crippen molar-refractivity contribution in [2.24, 2.45) is 5.73 Å². The van der Waals surface area contributed by atoms with Gasteiger partial charge in [-0.15, -0.1) is 0 Å². The maximum Gasteiger partial charge on any atom is 0.251 e. The van der Waals surface area contributed by atoms with Crippen LogP contribution in [0.5, 0.6) is 0 Å².